The maximum absolute atomic E-state index is 12.9. The zero-order chi connectivity index (χ0) is 20.3. The number of rotatable bonds is 7. The lowest BCUT2D eigenvalue weighted by atomic mass is 10.0. The summed E-state index contributed by atoms with van der Waals surface area (Å²) in [6.07, 6.45) is 0. The number of fused-ring (bicyclic) bond motifs is 1. The van der Waals surface area contributed by atoms with Crippen molar-refractivity contribution in [2.45, 2.75) is 24.8 Å². The lowest BCUT2D eigenvalue weighted by Gasteiger charge is -2.22. The predicted octanol–water partition coefficient (Wildman–Crippen LogP) is 3.36. The van der Waals surface area contributed by atoms with Crippen molar-refractivity contribution in [1.29, 1.82) is 0 Å². The Morgan fingerprint density at radius 1 is 1.14 bits per heavy atom. The van der Waals surface area contributed by atoms with E-state index < -0.39 is 22.0 Å². The molecule has 2 aromatic carbocycles. The minimum atomic E-state index is -3.98. The van der Waals surface area contributed by atoms with Crippen molar-refractivity contribution < 1.29 is 17.9 Å². The van der Waals surface area contributed by atoms with Crippen LogP contribution in [0.3, 0.4) is 0 Å². The molecule has 0 radical (unpaired) electrons. The van der Waals surface area contributed by atoms with E-state index in [1.807, 2.05) is 0 Å². The minimum absolute atomic E-state index is 0.00131. The minimum Gasteiger partial charge on any atom is -0.497 e. The van der Waals surface area contributed by atoms with Crippen LogP contribution in [0.1, 0.15) is 13.8 Å². The van der Waals surface area contributed by atoms with Crippen LogP contribution in [0.25, 0.3) is 0 Å². The molecule has 3 rings (SSSR count). The quantitative estimate of drug-likeness (QED) is 0.611. The fourth-order valence-corrected chi connectivity index (χ4v) is 4.75. The van der Waals surface area contributed by atoms with Crippen molar-refractivity contribution in [2.24, 2.45) is 14.6 Å². The number of nitrogens with zero attached hydrogens (tertiary/aromatic N) is 2. The Balaban J connectivity index is 1.84. The SMILES string of the molecule is COc1cccc(NC(=O)[C@@H](NS(=O)(=O)c2cccc3c2N=S=N3)C(C)C)c1. The maximum atomic E-state index is 12.9. The third-order valence-corrected chi connectivity index (χ3v) is 6.12. The molecule has 0 aliphatic carbocycles. The summed E-state index contributed by atoms with van der Waals surface area (Å²) in [7, 11) is -2.45. The molecule has 0 fully saturated rings. The number of methoxy groups -OCH3 is 1. The molecular weight excluding hydrogens is 400 g/mol. The van der Waals surface area contributed by atoms with Gasteiger partial charge < -0.3 is 10.1 Å². The van der Waals surface area contributed by atoms with Crippen LogP contribution < -0.4 is 14.8 Å². The van der Waals surface area contributed by atoms with E-state index in [0.717, 1.165) is 11.4 Å². The van der Waals surface area contributed by atoms with E-state index in [9.17, 15) is 13.2 Å². The summed E-state index contributed by atoms with van der Waals surface area (Å²) in [5, 5.41) is 2.73. The van der Waals surface area contributed by atoms with Crippen LogP contribution >= 0.6 is 0 Å². The van der Waals surface area contributed by atoms with Crippen molar-refractivity contribution in [3.05, 3.63) is 42.5 Å². The summed E-state index contributed by atoms with van der Waals surface area (Å²) in [5.41, 5.74) is 1.30. The molecule has 1 amide bonds. The molecule has 10 heteroatoms. The molecule has 148 valence electrons. The van der Waals surface area contributed by atoms with E-state index in [1.54, 1.807) is 50.2 Å². The van der Waals surface area contributed by atoms with Gasteiger partial charge >= 0.3 is 0 Å². The summed E-state index contributed by atoms with van der Waals surface area (Å²) in [6, 6.07) is 10.6. The number of carbonyl (C=O) groups is 1. The van der Waals surface area contributed by atoms with Gasteiger partial charge in [0.1, 0.15) is 28.1 Å². The number of hydrogen-bond donors (Lipinski definition) is 2. The standard InChI is InChI=1S/C18H20N4O4S2/c1-11(2)16(18(23)19-12-6-4-7-13(10-12)26-3)22-28(24,25)15-9-5-8-14-17(15)21-27-20-14/h4-11,16,22H,1-3H3,(H,19,23)/t16-/m0/s1. The van der Waals surface area contributed by atoms with Crippen molar-refractivity contribution in [1.82, 2.24) is 4.72 Å². The maximum Gasteiger partial charge on any atom is 0.243 e. The molecule has 8 nitrogen and oxygen atoms in total. The van der Waals surface area contributed by atoms with Gasteiger partial charge in [-0.05, 0) is 30.2 Å². The molecule has 1 aliphatic heterocycles. The largest absolute Gasteiger partial charge is 0.497 e. The molecule has 1 aliphatic rings. The molecule has 1 atom stereocenters. The zero-order valence-electron chi connectivity index (χ0n) is 15.5. The predicted molar refractivity (Wildman–Crippen MR) is 109 cm³/mol. The van der Waals surface area contributed by atoms with E-state index in [-0.39, 0.29) is 16.5 Å². The Bertz CT molecular complexity index is 1080. The van der Waals surface area contributed by atoms with Crippen molar-refractivity contribution in [3.63, 3.8) is 0 Å². The molecule has 0 aromatic heterocycles. The first-order valence-electron chi connectivity index (χ1n) is 8.50. The van der Waals surface area contributed by atoms with Crippen LogP contribution in [0.5, 0.6) is 5.75 Å². The lowest BCUT2D eigenvalue weighted by molar-refractivity contribution is -0.118. The third-order valence-electron chi connectivity index (χ3n) is 4.11. The van der Waals surface area contributed by atoms with Gasteiger partial charge in [-0.1, -0.05) is 26.0 Å². The molecular formula is C18H20N4O4S2. The van der Waals surface area contributed by atoms with Gasteiger partial charge in [0.2, 0.25) is 15.9 Å². The first-order valence-corrected chi connectivity index (χ1v) is 10.7. The second-order valence-corrected chi connectivity index (χ2v) is 8.66. The first kappa shape index (κ1) is 20.2. The van der Waals surface area contributed by atoms with E-state index in [4.69, 9.17) is 4.74 Å². The first-order chi connectivity index (χ1) is 13.3. The zero-order valence-corrected chi connectivity index (χ0v) is 17.2. The van der Waals surface area contributed by atoms with Gasteiger partial charge in [0.05, 0.1) is 18.5 Å². The molecule has 0 saturated heterocycles. The number of nitrogens with one attached hydrogen (secondary N) is 2. The second kappa shape index (κ2) is 8.21. The highest BCUT2D eigenvalue weighted by atomic mass is 32.2. The normalized spacial score (nSPS) is 13.7. The number of ether oxygens (including phenoxy) is 1. The lowest BCUT2D eigenvalue weighted by Crippen LogP contribution is -2.47. The number of amides is 1. The topological polar surface area (TPSA) is 109 Å². The second-order valence-electron chi connectivity index (χ2n) is 6.45. The molecule has 28 heavy (non-hydrogen) atoms. The summed E-state index contributed by atoms with van der Waals surface area (Å²) in [6.45, 7) is 3.53. The van der Waals surface area contributed by atoms with Crippen molar-refractivity contribution >= 4 is 44.3 Å². The van der Waals surface area contributed by atoms with E-state index in [1.165, 1.54) is 13.2 Å². The van der Waals surface area contributed by atoms with Gasteiger partial charge in [0, 0.05) is 11.8 Å². The number of benzene rings is 2. The number of anilines is 1. The molecule has 0 saturated carbocycles. The van der Waals surface area contributed by atoms with Crippen LogP contribution in [0.4, 0.5) is 17.1 Å². The number of carbonyl (C=O) groups excluding carboxylic acids is 1. The van der Waals surface area contributed by atoms with Crippen LogP contribution in [0.15, 0.2) is 56.1 Å². The average Bonchev–Trinajstić information content (AvgIpc) is 3.14. The van der Waals surface area contributed by atoms with Gasteiger partial charge in [-0.25, -0.2) is 8.42 Å². The average molecular weight is 421 g/mol. The Kier molecular flexibility index (Phi) is 5.92. The summed E-state index contributed by atoms with van der Waals surface area (Å²) >= 11 is 0.937. The highest BCUT2D eigenvalue weighted by molar-refractivity contribution is 7.89. The van der Waals surface area contributed by atoms with Crippen LogP contribution in [0.2, 0.25) is 0 Å². The Morgan fingerprint density at radius 2 is 1.89 bits per heavy atom. The van der Waals surface area contributed by atoms with Gasteiger partial charge in [0.15, 0.2) is 0 Å². The molecule has 0 spiro atoms. The summed E-state index contributed by atoms with van der Waals surface area (Å²) < 4.78 is 41.7. The Hall–Kier alpha value is -2.56. The number of sulfonamides is 1. The fourth-order valence-electron chi connectivity index (χ4n) is 2.64. The van der Waals surface area contributed by atoms with E-state index >= 15 is 0 Å². The van der Waals surface area contributed by atoms with Crippen molar-refractivity contribution in [3.8, 4) is 5.75 Å². The Morgan fingerprint density at radius 3 is 2.61 bits per heavy atom. The molecule has 0 unspecified atom stereocenters. The highest BCUT2D eigenvalue weighted by Gasteiger charge is 2.31. The molecule has 0 bridgehead atoms. The van der Waals surface area contributed by atoms with Gasteiger partial charge in [-0.15, -0.1) is 0 Å². The van der Waals surface area contributed by atoms with E-state index in [0.29, 0.717) is 17.1 Å². The fraction of sp³-hybridized carbons (Fsp3) is 0.278. The monoisotopic (exact) mass is 420 g/mol. The third kappa shape index (κ3) is 4.29. The molecule has 2 N–H and O–H groups in total. The molecule has 1 heterocycles. The smallest absolute Gasteiger partial charge is 0.243 e. The van der Waals surface area contributed by atoms with Gasteiger partial charge in [-0.2, -0.15) is 13.4 Å². The highest BCUT2D eigenvalue weighted by Crippen LogP contribution is 2.37. The Labute approximate surface area is 167 Å². The molecule has 2 aromatic rings. The van der Waals surface area contributed by atoms with Crippen LogP contribution in [-0.4, -0.2) is 27.5 Å². The number of hydrogen-bond acceptors (Lipinski definition) is 6. The van der Waals surface area contributed by atoms with Gasteiger partial charge in [0.25, 0.3) is 0 Å². The van der Waals surface area contributed by atoms with Gasteiger partial charge in [-0.3, -0.25) is 4.79 Å². The van der Waals surface area contributed by atoms with Crippen LogP contribution in [0, 0.1) is 5.92 Å². The van der Waals surface area contributed by atoms with E-state index in [2.05, 4.69) is 18.8 Å². The summed E-state index contributed by atoms with van der Waals surface area (Å²) in [4.78, 5) is 12.8. The van der Waals surface area contributed by atoms with Crippen molar-refractivity contribution in [2.75, 3.05) is 12.4 Å². The summed E-state index contributed by atoms with van der Waals surface area (Å²) in [5.74, 6) is -0.161. The van der Waals surface area contributed by atoms with Crippen LogP contribution in [-0.2, 0) is 26.2 Å².